The first-order valence-corrected chi connectivity index (χ1v) is 8.41. The highest BCUT2D eigenvalue weighted by Gasteiger charge is 2.36. The normalized spacial score (nSPS) is 26.4. The van der Waals surface area contributed by atoms with Crippen LogP contribution >= 0.6 is 0 Å². The van der Waals surface area contributed by atoms with Crippen LogP contribution in [-0.4, -0.2) is 37.6 Å². The lowest BCUT2D eigenvalue weighted by Gasteiger charge is -2.33. The molecule has 1 fully saturated rings. The van der Waals surface area contributed by atoms with Crippen molar-refractivity contribution in [1.29, 1.82) is 0 Å². The fourth-order valence-electron chi connectivity index (χ4n) is 4.16. The Morgan fingerprint density at radius 3 is 2.81 bits per heavy atom. The Bertz CT molecular complexity index is 497. The molecule has 2 aliphatic heterocycles. The first-order valence-electron chi connectivity index (χ1n) is 8.41. The number of anilines is 1. The summed E-state index contributed by atoms with van der Waals surface area (Å²) >= 11 is 0. The Morgan fingerprint density at radius 1 is 1.29 bits per heavy atom. The summed E-state index contributed by atoms with van der Waals surface area (Å²) in [6.07, 6.45) is 3.72. The predicted molar refractivity (Wildman–Crippen MR) is 89.8 cm³/mol. The minimum Gasteiger partial charge on any atom is -0.374 e. The van der Waals surface area contributed by atoms with E-state index in [9.17, 15) is 0 Å². The number of aryl methyl sites for hydroxylation is 1. The highest BCUT2D eigenvalue weighted by atomic mass is 15.2. The van der Waals surface area contributed by atoms with Gasteiger partial charge in [-0.05, 0) is 69.3 Å². The second-order valence-corrected chi connectivity index (χ2v) is 6.97. The van der Waals surface area contributed by atoms with Crippen LogP contribution in [0.1, 0.15) is 43.9 Å². The Labute approximate surface area is 129 Å². The van der Waals surface area contributed by atoms with Crippen molar-refractivity contribution in [3.63, 3.8) is 0 Å². The lowest BCUT2D eigenvalue weighted by atomic mass is 9.90. The van der Waals surface area contributed by atoms with E-state index in [0.717, 1.165) is 6.54 Å². The maximum Gasteiger partial charge on any atom is 0.0396 e. The zero-order chi connectivity index (χ0) is 15.0. The topological polar surface area (TPSA) is 32.5 Å². The van der Waals surface area contributed by atoms with E-state index < -0.39 is 0 Å². The average molecular weight is 287 g/mol. The Balaban J connectivity index is 1.94. The van der Waals surface area contributed by atoms with E-state index in [4.69, 9.17) is 5.73 Å². The second-order valence-electron chi connectivity index (χ2n) is 6.97. The molecule has 3 nitrogen and oxygen atoms in total. The number of hydrogen-bond donors (Lipinski definition) is 1. The van der Waals surface area contributed by atoms with Gasteiger partial charge in [-0.2, -0.15) is 0 Å². The van der Waals surface area contributed by atoms with Crippen molar-refractivity contribution in [3.8, 4) is 0 Å². The van der Waals surface area contributed by atoms with Gasteiger partial charge in [-0.25, -0.2) is 0 Å². The molecule has 2 N–H and O–H groups in total. The van der Waals surface area contributed by atoms with E-state index in [2.05, 4.69) is 48.9 Å². The summed E-state index contributed by atoms with van der Waals surface area (Å²) in [6.45, 7) is 7.77. The molecule has 116 valence electrons. The third-order valence-corrected chi connectivity index (χ3v) is 5.32. The quantitative estimate of drug-likeness (QED) is 0.928. The molecule has 0 saturated carbocycles. The smallest absolute Gasteiger partial charge is 0.0396 e. The zero-order valence-electron chi connectivity index (χ0n) is 13.7. The summed E-state index contributed by atoms with van der Waals surface area (Å²) in [4.78, 5) is 5.02. The van der Waals surface area contributed by atoms with Gasteiger partial charge in [-0.3, -0.25) is 4.90 Å². The molecule has 2 atom stereocenters. The lowest BCUT2D eigenvalue weighted by molar-refractivity contribution is 0.184. The zero-order valence-corrected chi connectivity index (χ0v) is 13.7. The number of hydrogen-bond acceptors (Lipinski definition) is 3. The van der Waals surface area contributed by atoms with Crippen LogP contribution in [0, 0.1) is 5.92 Å². The number of benzene rings is 1. The van der Waals surface area contributed by atoms with Crippen LogP contribution in [0.15, 0.2) is 18.2 Å². The van der Waals surface area contributed by atoms with Crippen LogP contribution in [-0.2, 0) is 6.42 Å². The van der Waals surface area contributed by atoms with Gasteiger partial charge in [0.15, 0.2) is 0 Å². The molecule has 0 radical (unpaired) electrons. The Hall–Kier alpha value is -1.06. The molecule has 1 aromatic rings. The molecule has 0 spiro atoms. The van der Waals surface area contributed by atoms with E-state index in [1.54, 1.807) is 0 Å². The van der Waals surface area contributed by atoms with Crippen LogP contribution in [0.25, 0.3) is 0 Å². The van der Waals surface area contributed by atoms with E-state index in [-0.39, 0.29) is 0 Å². The number of nitrogens with zero attached hydrogens (tertiary/aromatic N) is 2. The van der Waals surface area contributed by atoms with Gasteiger partial charge in [0.1, 0.15) is 0 Å². The Morgan fingerprint density at radius 2 is 2.10 bits per heavy atom. The van der Waals surface area contributed by atoms with Gasteiger partial charge < -0.3 is 10.6 Å². The lowest BCUT2D eigenvalue weighted by Crippen LogP contribution is -2.33. The molecular formula is C18H29N3. The molecular weight excluding hydrogens is 258 g/mol. The fraction of sp³-hybridized carbons (Fsp3) is 0.667. The largest absolute Gasteiger partial charge is 0.374 e. The van der Waals surface area contributed by atoms with Crippen LogP contribution in [0.4, 0.5) is 5.69 Å². The van der Waals surface area contributed by atoms with Gasteiger partial charge in [0.2, 0.25) is 0 Å². The van der Waals surface area contributed by atoms with Gasteiger partial charge in [0.05, 0.1) is 0 Å². The monoisotopic (exact) mass is 287 g/mol. The number of rotatable bonds is 3. The Kier molecular flexibility index (Phi) is 4.23. The van der Waals surface area contributed by atoms with Gasteiger partial charge in [0, 0.05) is 31.4 Å². The number of likely N-dealkylation sites (tertiary alicyclic amines) is 1. The van der Waals surface area contributed by atoms with Crippen LogP contribution in [0.3, 0.4) is 0 Å². The van der Waals surface area contributed by atoms with Gasteiger partial charge in [-0.1, -0.05) is 12.1 Å². The second kappa shape index (κ2) is 5.98. The molecule has 1 saturated heterocycles. The molecule has 0 aliphatic carbocycles. The van der Waals surface area contributed by atoms with E-state index in [1.807, 2.05) is 0 Å². The van der Waals surface area contributed by atoms with Crippen LogP contribution in [0.2, 0.25) is 0 Å². The van der Waals surface area contributed by atoms with Crippen molar-refractivity contribution in [2.45, 2.75) is 45.2 Å². The van der Waals surface area contributed by atoms with Crippen molar-refractivity contribution in [1.82, 2.24) is 4.90 Å². The highest BCUT2D eigenvalue weighted by molar-refractivity contribution is 5.56. The summed E-state index contributed by atoms with van der Waals surface area (Å²) in [5, 5.41) is 0. The molecule has 0 aromatic heterocycles. The van der Waals surface area contributed by atoms with Gasteiger partial charge in [-0.15, -0.1) is 0 Å². The molecule has 3 heteroatoms. The molecule has 3 rings (SSSR count). The van der Waals surface area contributed by atoms with Crippen molar-refractivity contribution < 1.29 is 0 Å². The highest BCUT2D eigenvalue weighted by Crippen LogP contribution is 2.40. The SMILES string of the molecule is CC(C)N1CCC(CN)C1c1ccc2c(c1)CCCN2C. The molecule has 21 heavy (non-hydrogen) atoms. The van der Waals surface area contributed by atoms with Crippen molar-refractivity contribution >= 4 is 5.69 Å². The van der Waals surface area contributed by atoms with Crippen LogP contribution < -0.4 is 10.6 Å². The third-order valence-electron chi connectivity index (χ3n) is 5.32. The molecule has 1 aromatic carbocycles. The van der Waals surface area contributed by atoms with Crippen molar-refractivity contribution in [3.05, 3.63) is 29.3 Å². The van der Waals surface area contributed by atoms with E-state index >= 15 is 0 Å². The minimum absolute atomic E-state index is 0.507. The summed E-state index contributed by atoms with van der Waals surface area (Å²) in [5.41, 5.74) is 10.5. The first kappa shape index (κ1) is 14.9. The molecule has 2 aliphatic rings. The molecule has 0 bridgehead atoms. The minimum atomic E-state index is 0.507. The summed E-state index contributed by atoms with van der Waals surface area (Å²) in [5.74, 6) is 0.603. The number of fused-ring (bicyclic) bond motifs is 1. The maximum absolute atomic E-state index is 6.05. The maximum atomic E-state index is 6.05. The summed E-state index contributed by atoms with van der Waals surface area (Å²) in [7, 11) is 2.20. The number of nitrogens with two attached hydrogens (primary N) is 1. The molecule has 2 heterocycles. The summed E-state index contributed by atoms with van der Waals surface area (Å²) < 4.78 is 0. The summed E-state index contributed by atoms with van der Waals surface area (Å²) in [6, 6.07) is 8.22. The van der Waals surface area contributed by atoms with E-state index in [1.165, 1.54) is 49.2 Å². The van der Waals surface area contributed by atoms with Crippen LogP contribution in [0.5, 0.6) is 0 Å². The fourth-order valence-corrected chi connectivity index (χ4v) is 4.16. The first-order chi connectivity index (χ1) is 10.1. The molecule has 2 unspecified atom stereocenters. The van der Waals surface area contributed by atoms with Gasteiger partial charge >= 0.3 is 0 Å². The average Bonchev–Trinajstić information content (AvgIpc) is 2.91. The van der Waals surface area contributed by atoms with Crippen molar-refractivity contribution in [2.24, 2.45) is 11.7 Å². The molecule has 0 amide bonds. The van der Waals surface area contributed by atoms with E-state index in [0.29, 0.717) is 18.0 Å². The predicted octanol–water partition coefficient (Wildman–Crippen LogP) is 2.80. The third kappa shape index (κ3) is 2.69. The van der Waals surface area contributed by atoms with Gasteiger partial charge in [0.25, 0.3) is 0 Å². The van der Waals surface area contributed by atoms with Crippen molar-refractivity contribution in [2.75, 3.05) is 31.6 Å². The standard InChI is InChI=1S/C18H29N3/c1-13(2)21-10-8-16(12-19)18(21)15-6-7-17-14(11-15)5-4-9-20(17)3/h6-7,11,13,16,18H,4-5,8-10,12,19H2,1-3H3.